The van der Waals surface area contributed by atoms with Crippen molar-refractivity contribution in [3.05, 3.63) is 77.6 Å². The fourth-order valence-electron chi connectivity index (χ4n) is 2.14. The van der Waals surface area contributed by atoms with Crippen molar-refractivity contribution in [2.45, 2.75) is 13.3 Å². The van der Waals surface area contributed by atoms with Gasteiger partial charge in [0.05, 0.1) is 0 Å². The van der Waals surface area contributed by atoms with Crippen molar-refractivity contribution in [3.63, 3.8) is 0 Å². The Hall–Kier alpha value is -2.68. The van der Waals surface area contributed by atoms with E-state index in [9.17, 15) is 4.79 Å². The Morgan fingerprint density at radius 3 is 2.48 bits per heavy atom. The van der Waals surface area contributed by atoms with Gasteiger partial charge in [-0.05, 0) is 12.5 Å². The van der Waals surface area contributed by atoms with Crippen LogP contribution in [0.15, 0.2) is 65.2 Å². The fourth-order valence-corrected chi connectivity index (χ4v) is 2.14. The largest absolute Gasteiger partial charge is 0.352 e. The van der Waals surface area contributed by atoms with Crippen LogP contribution in [0, 0.1) is 6.92 Å². The molecule has 0 spiro atoms. The molecule has 3 rings (SSSR count). The van der Waals surface area contributed by atoms with Gasteiger partial charge in [-0.15, -0.1) is 0 Å². The van der Waals surface area contributed by atoms with Gasteiger partial charge in [-0.1, -0.05) is 65.3 Å². The summed E-state index contributed by atoms with van der Waals surface area (Å²) in [6, 6.07) is 19.3. The van der Waals surface area contributed by atoms with Crippen molar-refractivity contribution in [3.8, 4) is 11.3 Å². The Morgan fingerprint density at radius 1 is 1.05 bits per heavy atom. The summed E-state index contributed by atoms with van der Waals surface area (Å²) in [6.45, 7) is 2.03. The highest BCUT2D eigenvalue weighted by Crippen LogP contribution is 2.20. The summed E-state index contributed by atoms with van der Waals surface area (Å²) in [6.07, 6.45) is 0.323. The SMILES string of the molecule is Cc1ccc(-c2cc(C(=O)Cc3ccccc3)on2)cc1. The van der Waals surface area contributed by atoms with Crippen molar-refractivity contribution in [2.24, 2.45) is 0 Å². The van der Waals surface area contributed by atoms with Gasteiger partial charge in [0.2, 0.25) is 11.5 Å². The molecule has 0 atom stereocenters. The summed E-state index contributed by atoms with van der Waals surface area (Å²) in [5.74, 6) is 0.237. The van der Waals surface area contributed by atoms with Gasteiger partial charge < -0.3 is 4.52 Å². The summed E-state index contributed by atoms with van der Waals surface area (Å²) in [5.41, 5.74) is 3.79. The molecule has 0 aliphatic carbocycles. The summed E-state index contributed by atoms with van der Waals surface area (Å²) in [4.78, 5) is 12.2. The van der Waals surface area contributed by atoms with Crippen LogP contribution < -0.4 is 0 Å². The Kier molecular flexibility index (Phi) is 3.65. The van der Waals surface area contributed by atoms with Crippen molar-refractivity contribution in [1.29, 1.82) is 0 Å². The molecule has 0 saturated heterocycles. The van der Waals surface area contributed by atoms with E-state index in [0.717, 1.165) is 11.1 Å². The van der Waals surface area contributed by atoms with Crippen molar-refractivity contribution < 1.29 is 9.32 Å². The monoisotopic (exact) mass is 277 g/mol. The number of benzene rings is 2. The first-order valence-electron chi connectivity index (χ1n) is 6.83. The number of carbonyl (C=O) groups excluding carboxylic acids is 1. The van der Waals surface area contributed by atoms with Gasteiger partial charge in [0.25, 0.3) is 0 Å². The number of carbonyl (C=O) groups is 1. The zero-order valence-corrected chi connectivity index (χ0v) is 11.7. The molecular formula is C18H15NO2. The zero-order chi connectivity index (χ0) is 14.7. The first kappa shape index (κ1) is 13.3. The van der Waals surface area contributed by atoms with Crippen LogP contribution in [0.25, 0.3) is 11.3 Å². The van der Waals surface area contributed by atoms with Crippen LogP contribution in [0.3, 0.4) is 0 Å². The fraction of sp³-hybridized carbons (Fsp3) is 0.111. The number of hydrogen-bond donors (Lipinski definition) is 0. The molecular weight excluding hydrogens is 262 g/mol. The van der Waals surface area contributed by atoms with Gasteiger partial charge in [0.15, 0.2) is 0 Å². The van der Waals surface area contributed by atoms with Crippen LogP contribution in [0.5, 0.6) is 0 Å². The zero-order valence-electron chi connectivity index (χ0n) is 11.7. The highest BCUT2D eigenvalue weighted by atomic mass is 16.5. The van der Waals surface area contributed by atoms with Gasteiger partial charge >= 0.3 is 0 Å². The van der Waals surface area contributed by atoms with Crippen LogP contribution in [0.4, 0.5) is 0 Å². The molecule has 3 nitrogen and oxygen atoms in total. The second-order valence-electron chi connectivity index (χ2n) is 5.03. The topological polar surface area (TPSA) is 43.1 Å². The van der Waals surface area contributed by atoms with Crippen LogP contribution in [-0.4, -0.2) is 10.9 Å². The van der Waals surface area contributed by atoms with E-state index in [0.29, 0.717) is 17.9 Å². The molecule has 1 heterocycles. The van der Waals surface area contributed by atoms with E-state index < -0.39 is 0 Å². The van der Waals surface area contributed by atoms with Crippen LogP contribution in [0.2, 0.25) is 0 Å². The molecule has 0 aliphatic heterocycles. The molecule has 0 unspecified atom stereocenters. The lowest BCUT2D eigenvalue weighted by atomic mass is 10.1. The standard InChI is InChI=1S/C18H15NO2/c1-13-7-9-15(10-8-13)16-12-18(21-19-16)17(20)11-14-5-3-2-4-6-14/h2-10,12H,11H2,1H3. The van der Waals surface area contributed by atoms with Crippen molar-refractivity contribution in [1.82, 2.24) is 5.16 Å². The third-order valence-corrected chi connectivity index (χ3v) is 3.34. The summed E-state index contributed by atoms with van der Waals surface area (Å²) >= 11 is 0. The number of rotatable bonds is 4. The molecule has 3 heteroatoms. The van der Waals surface area contributed by atoms with E-state index in [-0.39, 0.29) is 5.78 Å². The van der Waals surface area contributed by atoms with Gasteiger partial charge in [-0.2, -0.15) is 0 Å². The minimum Gasteiger partial charge on any atom is -0.352 e. The molecule has 0 fully saturated rings. The number of nitrogens with zero attached hydrogens (tertiary/aromatic N) is 1. The van der Waals surface area contributed by atoms with Gasteiger partial charge in [-0.3, -0.25) is 4.79 Å². The van der Waals surface area contributed by atoms with E-state index in [1.165, 1.54) is 5.56 Å². The number of hydrogen-bond acceptors (Lipinski definition) is 3. The summed E-state index contributed by atoms with van der Waals surface area (Å²) in [5, 5.41) is 3.98. The first-order chi connectivity index (χ1) is 10.2. The number of ketones is 1. The van der Waals surface area contributed by atoms with E-state index >= 15 is 0 Å². The third kappa shape index (κ3) is 3.08. The van der Waals surface area contributed by atoms with Crippen molar-refractivity contribution in [2.75, 3.05) is 0 Å². The van der Waals surface area contributed by atoms with Crippen LogP contribution in [0.1, 0.15) is 21.7 Å². The summed E-state index contributed by atoms with van der Waals surface area (Å²) < 4.78 is 5.18. The normalized spacial score (nSPS) is 10.5. The van der Waals surface area contributed by atoms with Crippen molar-refractivity contribution >= 4 is 5.78 Å². The van der Waals surface area contributed by atoms with Crippen LogP contribution in [-0.2, 0) is 6.42 Å². The van der Waals surface area contributed by atoms with Gasteiger partial charge in [0, 0.05) is 18.1 Å². The Labute approximate surface area is 123 Å². The molecule has 3 aromatic rings. The maximum Gasteiger partial charge on any atom is 0.205 e. The highest BCUT2D eigenvalue weighted by Gasteiger charge is 2.14. The maximum absolute atomic E-state index is 12.2. The molecule has 1 aromatic heterocycles. The average molecular weight is 277 g/mol. The number of aromatic nitrogens is 1. The Bertz CT molecular complexity index is 742. The molecule has 21 heavy (non-hydrogen) atoms. The minimum atomic E-state index is -0.0629. The van der Waals surface area contributed by atoms with Crippen LogP contribution >= 0.6 is 0 Å². The van der Waals surface area contributed by atoms with E-state index in [1.54, 1.807) is 6.07 Å². The quantitative estimate of drug-likeness (QED) is 0.675. The predicted octanol–water partition coefficient (Wildman–Crippen LogP) is 4.08. The molecule has 0 amide bonds. The smallest absolute Gasteiger partial charge is 0.205 e. The predicted molar refractivity (Wildman–Crippen MR) is 81.2 cm³/mol. The second kappa shape index (κ2) is 5.75. The van der Waals surface area contributed by atoms with E-state index in [1.807, 2.05) is 61.5 Å². The van der Waals surface area contributed by atoms with E-state index in [2.05, 4.69) is 5.16 Å². The summed E-state index contributed by atoms with van der Waals surface area (Å²) in [7, 11) is 0. The first-order valence-corrected chi connectivity index (χ1v) is 6.83. The molecule has 0 radical (unpaired) electrons. The highest BCUT2D eigenvalue weighted by molar-refractivity contribution is 5.95. The second-order valence-corrected chi connectivity index (χ2v) is 5.03. The number of aryl methyl sites for hydroxylation is 1. The Morgan fingerprint density at radius 2 is 1.76 bits per heavy atom. The molecule has 2 aromatic carbocycles. The Balaban J connectivity index is 1.78. The molecule has 0 bridgehead atoms. The molecule has 0 aliphatic rings. The molecule has 104 valence electrons. The minimum absolute atomic E-state index is 0.0629. The lowest BCUT2D eigenvalue weighted by Gasteiger charge is -1.97. The van der Waals surface area contributed by atoms with Gasteiger partial charge in [-0.25, -0.2) is 0 Å². The maximum atomic E-state index is 12.2. The lowest BCUT2D eigenvalue weighted by molar-refractivity contribution is 0.0957. The molecule has 0 saturated carbocycles. The molecule has 0 N–H and O–H groups in total. The average Bonchev–Trinajstić information content (AvgIpc) is 2.99. The van der Waals surface area contributed by atoms with Gasteiger partial charge in [0.1, 0.15) is 5.69 Å². The third-order valence-electron chi connectivity index (χ3n) is 3.34. The number of Topliss-reactive ketones (excluding diaryl/α,β-unsaturated/α-hetero) is 1. The van der Waals surface area contributed by atoms with E-state index in [4.69, 9.17) is 4.52 Å². The lowest BCUT2D eigenvalue weighted by Crippen LogP contribution is -2.01.